The molecule has 0 aromatic rings. The number of nitrogens with one attached hydrogen (secondary N) is 2. The first-order valence-electron chi connectivity index (χ1n) is 7.29. The zero-order valence-electron chi connectivity index (χ0n) is 11.8. The second kappa shape index (κ2) is 9.68. The predicted molar refractivity (Wildman–Crippen MR) is 80.0 cm³/mol. The normalized spacial score (nSPS) is 20.1. The Bertz CT molecular complexity index is 228. The third-order valence-corrected chi connectivity index (χ3v) is 4.31. The Balaban J connectivity index is 1.92. The summed E-state index contributed by atoms with van der Waals surface area (Å²) in [4.78, 5) is 11.8. The van der Waals surface area contributed by atoms with Gasteiger partial charge in [-0.1, -0.05) is 39.5 Å². The van der Waals surface area contributed by atoms with Crippen molar-refractivity contribution in [1.82, 2.24) is 10.6 Å². The number of hydrogen-bond acceptors (Lipinski definition) is 3. The molecule has 0 spiro atoms. The summed E-state index contributed by atoms with van der Waals surface area (Å²) in [6.07, 6.45) is 6.30. The van der Waals surface area contributed by atoms with Crippen LogP contribution in [0.2, 0.25) is 0 Å². The molecule has 4 heteroatoms. The van der Waals surface area contributed by atoms with Crippen molar-refractivity contribution in [1.29, 1.82) is 0 Å². The molecule has 2 N–H and O–H groups in total. The summed E-state index contributed by atoms with van der Waals surface area (Å²) in [6, 6.07) is 0.0321. The van der Waals surface area contributed by atoms with E-state index in [0.29, 0.717) is 0 Å². The predicted octanol–water partition coefficient (Wildman–Crippen LogP) is 2.41. The van der Waals surface area contributed by atoms with E-state index in [4.69, 9.17) is 0 Å². The first kappa shape index (κ1) is 15.8. The smallest absolute Gasteiger partial charge is 0.237 e. The summed E-state index contributed by atoms with van der Waals surface area (Å²) in [7, 11) is 0. The lowest BCUT2D eigenvalue weighted by molar-refractivity contribution is -0.122. The lowest BCUT2D eigenvalue weighted by atomic mass is 10.0. The van der Waals surface area contributed by atoms with E-state index >= 15 is 0 Å². The Morgan fingerprint density at radius 3 is 2.78 bits per heavy atom. The average molecular weight is 272 g/mol. The van der Waals surface area contributed by atoms with Gasteiger partial charge in [0.05, 0.1) is 6.04 Å². The molecule has 0 aliphatic carbocycles. The second-order valence-electron chi connectivity index (χ2n) is 5.47. The summed E-state index contributed by atoms with van der Waals surface area (Å²) in [5.74, 6) is 3.05. The van der Waals surface area contributed by atoms with Gasteiger partial charge in [-0.25, -0.2) is 0 Å². The van der Waals surface area contributed by atoms with Crippen LogP contribution in [0.1, 0.15) is 46.0 Å². The molecule has 1 heterocycles. The molecule has 18 heavy (non-hydrogen) atoms. The minimum atomic E-state index is 0.0321. The van der Waals surface area contributed by atoms with Crippen LogP contribution in [-0.4, -0.2) is 36.5 Å². The second-order valence-corrected chi connectivity index (χ2v) is 6.62. The first-order chi connectivity index (χ1) is 8.70. The lowest BCUT2D eigenvalue weighted by Gasteiger charge is -2.22. The highest BCUT2D eigenvalue weighted by molar-refractivity contribution is 7.99. The molecule has 1 amide bonds. The Labute approximate surface area is 116 Å². The molecule has 1 saturated heterocycles. The van der Waals surface area contributed by atoms with E-state index < -0.39 is 0 Å². The Morgan fingerprint density at radius 1 is 1.33 bits per heavy atom. The number of carbonyl (C=O) groups is 1. The Hall–Kier alpha value is -0.220. The molecule has 1 unspecified atom stereocenters. The maximum Gasteiger partial charge on any atom is 0.237 e. The molecular formula is C14H28N2OS. The molecule has 1 rings (SSSR count). The van der Waals surface area contributed by atoms with Gasteiger partial charge in [-0.3, -0.25) is 4.79 Å². The molecule has 1 aliphatic rings. The van der Waals surface area contributed by atoms with E-state index in [9.17, 15) is 4.79 Å². The van der Waals surface area contributed by atoms with Crippen molar-refractivity contribution < 1.29 is 4.79 Å². The van der Waals surface area contributed by atoms with Crippen molar-refractivity contribution in [2.45, 2.75) is 52.0 Å². The van der Waals surface area contributed by atoms with E-state index in [2.05, 4.69) is 24.5 Å². The molecule has 0 bridgehead atoms. The minimum Gasteiger partial charge on any atom is -0.355 e. The number of hydrogen-bond donors (Lipinski definition) is 2. The third-order valence-electron chi connectivity index (χ3n) is 3.25. The van der Waals surface area contributed by atoms with Gasteiger partial charge in [0.1, 0.15) is 0 Å². The Morgan fingerprint density at radius 2 is 2.11 bits per heavy atom. The van der Waals surface area contributed by atoms with Crippen molar-refractivity contribution in [2.75, 3.05) is 24.6 Å². The van der Waals surface area contributed by atoms with Crippen molar-refractivity contribution in [3.63, 3.8) is 0 Å². The minimum absolute atomic E-state index is 0.0321. The number of carbonyl (C=O) groups excluding carboxylic acids is 1. The van der Waals surface area contributed by atoms with Gasteiger partial charge in [-0.05, 0) is 12.3 Å². The van der Waals surface area contributed by atoms with Crippen LogP contribution in [0.3, 0.4) is 0 Å². The van der Waals surface area contributed by atoms with Crippen LogP contribution in [0, 0.1) is 5.92 Å². The maximum absolute atomic E-state index is 11.8. The first-order valence-corrected chi connectivity index (χ1v) is 8.44. The number of thioether (sulfide) groups is 1. The highest BCUT2D eigenvalue weighted by atomic mass is 32.2. The lowest BCUT2D eigenvalue weighted by Crippen LogP contribution is -2.49. The van der Waals surface area contributed by atoms with E-state index in [1.54, 1.807) is 0 Å². The standard InChI is InChI=1S/C14H28N2OS/c1-12(2)7-5-3-4-6-8-16-14(17)13-11-18-10-9-15-13/h12-13,15H,3-11H2,1-2H3,(H,16,17). The number of rotatable bonds is 8. The SMILES string of the molecule is CC(C)CCCCCCNC(=O)C1CSCCN1. The van der Waals surface area contributed by atoms with Gasteiger partial charge in [0.15, 0.2) is 0 Å². The fourth-order valence-electron chi connectivity index (χ4n) is 2.10. The molecule has 0 radical (unpaired) electrons. The zero-order valence-corrected chi connectivity index (χ0v) is 12.7. The van der Waals surface area contributed by atoms with Crippen molar-refractivity contribution >= 4 is 17.7 Å². The molecule has 0 saturated carbocycles. The van der Waals surface area contributed by atoms with Crippen LogP contribution in [0.4, 0.5) is 0 Å². The summed E-state index contributed by atoms with van der Waals surface area (Å²) < 4.78 is 0. The number of amides is 1. The van der Waals surface area contributed by atoms with Crippen LogP contribution in [0.15, 0.2) is 0 Å². The molecular weight excluding hydrogens is 244 g/mol. The molecule has 0 aromatic heterocycles. The fourth-order valence-corrected chi connectivity index (χ4v) is 3.03. The average Bonchev–Trinajstić information content (AvgIpc) is 2.38. The topological polar surface area (TPSA) is 41.1 Å². The number of unbranched alkanes of at least 4 members (excludes halogenated alkanes) is 3. The van der Waals surface area contributed by atoms with Gasteiger partial charge in [0.25, 0.3) is 0 Å². The highest BCUT2D eigenvalue weighted by Gasteiger charge is 2.19. The summed E-state index contributed by atoms with van der Waals surface area (Å²) in [6.45, 7) is 6.34. The van der Waals surface area contributed by atoms with Gasteiger partial charge >= 0.3 is 0 Å². The summed E-state index contributed by atoms with van der Waals surface area (Å²) in [5, 5.41) is 6.30. The van der Waals surface area contributed by atoms with Crippen molar-refractivity contribution in [2.24, 2.45) is 5.92 Å². The molecule has 1 aliphatic heterocycles. The van der Waals surface area contributed by atoms with Gasteiger partial charge < -0.3 is 10.6 Å². The van der Waals surface area contributed by atoms with E-state index in [1.165, 1.54) is 25.7 Å². The summed E-state index contributed by atoms with van der Waals surface area (Å²) >= 11 is 1.86. The molecule has 3 nitrogen and oxygen atoms in total. The monoisotopic (exact) mass is 272 g/mol. The van der Waals surface area contributed by atoms with Gasteiger partial charge in [0.2, 0.25) is 5.91 Å². The van der Waals surface area contributed by atoms with E-state index in [-0.39, 0.29) is 11.9 Å². The van der Waals surface area contributed by atoms with Gasteiger partial charge in [-0.15, -0.1) is 0 Å². The van der Waals surface area contributed by atoms with Crippen molar-refractivity contribution in [3.05, 3.63) is 0 Å². The summed E-state index contributed by atoms with van der Waals surface area (Å²) in [5.41, 5.74) is 0. The van der Waals surface area contributed by atoms with E-state index in [0.717, 1.165) is 36.9 Å². The molecule has 1 fully saturated rings. The van der Waals surface area contributed by atoms with Crippen LogP contribution in [-0.2, 0) is 4.79 Å². The highest BCUT2D eigenvalue weighted by Crippen LogP contribution is 2.09. The van der Waals surface area contributed by atoms with Gasteiger partial charge in [-0.2, -0.15) is 11.8 Å². The van der Waals surface area contributed by atoms with E-state index in [1.807, 2.05) is 11.8 Å². The third kappa shape index (κ3) is 7.27. The van der Waals surface area contributed by atoms with Crippen molar-refractivity contribution in [3.8, 4) is 0 Å². The molecule has 1 atom stereocenters. The quantitative estimate of drug-likeness (QED) is 0.667. The zero-order chi connectivity index (χ0) is 13.2. The largest absolute Gasteiger partial charge is 0.355 e. The molecule has 106 valence electrons. The Kier molecular flexibility index (Phi) is 8.51. The van der Waals surface area contributed by atoms with Crippen LogP contribution in [0.5, 0.6) is 0 Å². The van der Waals surface area contributed by atoms with Crippen LogP contribution >= 0.6 is 11.8 Å². The maximum atomic E-state index is 11.8. The van der Waals surface area contributed by atoms with Crippen LogP contribution < -0.4 is 10.6 Å². The molecule has 0 aromatic carbocycles. The van der Waals surface area contributed by atoms with Gasteiger partial charge in [0, 0.05) is 24.6 Å². The fraction of sp³-hybridized carbons (Fsp3) is 0.929. The van der Waals surface area contributed by atoms with Crippen LogP contribution in [0.25, 0.3) is 0 Å².